The Balaban J connectivity index is 2.01. The summed E-state index contributed by atoms with van der Waals surface area (Å²) in [5, 5.41) is 19.6. The van der Waals surface area contributed by atoms with Crippen LogP contribution in [0.5, 0.6) is 5.75 Å². The minimum absolute atomic E-state index is 0.134. The van der Waals surface area contributed by atoms with Gasteiger partial charge >= 0.3 is 0 Å². The van der Waals surface area contributed by atoms with Crippen molar-refractivity contribution in [1.82, 2.24) is 24.5 Å². The van der Waals surface area contributed by atoms with Crippen LogP contribution in [0.2, 0.25) is 0 Å². The Morgan fingerprint density at radius 2 is 1.71 bits per heavy atom. The second-order valence-electron chi connectivity index (χ2n) is 5.96. The Morgan fingerprint density at radius 3 is 2.46 bits per heavy atom. The summed E-state index contributed by atoms with van der Waals surface area (Å²) in [6, 6.07) is 7.13. The van der Waals surface area contributed by atoms with E-state index >= 15 is 0 Å². The van der Waals surface area contributed by atoms with E-state index in [1.54, 1.807) is 19.2 Å². The molecule has 0 unspecified atom stereocenters. The number of aryl methyl sites for hydroxylation is 3. The third kappa shape index (κ3) is 2.05. The van der Waals surface area contributed by atoms with Crippen LogP contribution in [-0.2, 0) is 7.05 Å². The Hall–Kier alpha value is -3.22. The molecule has 0 saturated heterocycles. The van der Waals surface area contributed by atoms with Crippen LogP contribution < -0.4 is 5.56 Å². The highest BCUT2D eigenvalue weighted by molar-refractivity contribution is 5.92. The van der Waals surface area contributed by atoms with Gasteiger partial charge in [0.1, 0.15) is 22.5 Å². The van der Waals surface area contributed by atoms with E-state index in [2.05, 4.69) is 15.2 Å². The van der Waals surface area contributed by atoms with Crippen LogP contribution in [0.15, 0.2) is 35.4 Å². The molecule has 0 fully saturated rings. The van der Waals surface area contributed by atoms with Gasteiger partial charge < -0.3 is 9.67 Å². The molecule has 1 N–H and O–H groups in total. The lowest BCUT2D eigenvalue weighted by Crippen LogP contribution is -2.16. The molecule has 0 spiro atoms. The number of benzene rings is 2. The first-order valence-corrected chi connectivity index (χ1v) is 7.47. The zero-order chi connectivity index (χ0) is 17.0. The number of phenols is 1. The van der Waals surface area contributed by atoms with E-state index < -0.39 is 0 Å². The molecule has 0 aliphatic heterocycles. The fourth-order valence-corrected chi connectivity index (χ4v) is 2.82. The van der Waals surface area contributed by atoms with Crippen LogP contribution in [-0.4, -0.2) is 29.7 Å². The van der Waals surface area contributed by atoms with Gasteiger partial charge in [-0.05, 0) is 43.2 Å². The van der Waals surface area contributed by atoms with Crippen molar-refractivity contribution >= 4 is 21.9 Å². The number of fused-ring (bicyclic) bond motifs is 2. The lowest BCUT2D eigenvalue weighted by atomic mass is 10.1. The number of hydrogen-bond acceptors (Lipinski definition) is 5. The summed E-state index contributed by atoms with van der Waals surface area (Å²) < 4.78 is 1.42. The molecule has 7 heteroatoms. The first-order valence-electron chi connectivity index (χ1n) is 7.47. The molecule has 2 aromatic heterocycles. The van der Waals surface area contributed by atoms with Crippen molar-refractivity contribution in [2.75, 3.05) is 0 Å². The molecule has 0 radical (unpaired) electrons. The summed E-state index contributed by atoms with van der Waals surface area (Å²) in [4.78, 5) is 17.9. The van der Waals surface area contributed by atoms with Gasteiger partial charge in [-0.25, -0.2) is 4.98 Å². The summed E-state index contributed by atoms with van der Waals surface area (Å²) >= 11 is 0. The van der Waals surface area contributed by atoms with Gasteiger partial charge in [0, 0.05) is 7.05 Å². The molecule has 2 heterocycles. The van der Waals surface area contributed by atoms with Crippen LogP contribution in [0.4, 0.5) is 0 Å². The van der Waals surface area contributed by atoms with Gasteiger partial charge in [-0.1, -0.05) is 6.07 Å². The third-order valence-electron chi connectivity index (χ3n) is 4.06. The molecular formula is C17H15N5O2. The minimum atomic E-state index is -0.134. The lowest BCUT2D eigenvalue weighted by Gasteiger charge is -2.07. The van der Waals surface area contributed by atoms with E-state index in [-0.39, 0.29) is 11.3 Å². The molecule has 7 nitrogen and oxygen atoms in total. The number of aromatic nitrogens is 5. The quantitative estimate of drug-likeness (QED) is 0.579. The monoisotopic (exact) mass is 321 g/mol. The maximum absolute atomic E-state index is 12.2. The predicted molar refractivity (Wildman–Crippen MR) is 90.5 cm³/mol. The van der Waals surface area contributed by atoms with Crippen molar-refractivity contribution in [3.63, 3.8) is 0 Å². The van der Waals surface area contributed by atoms with Crippen LogP contribution >= 0.6 is 0 Å². The molecule has 0 aliphatic rings. The van der Waals surface area contributed by atoms with E-state index in [0.29, 0.717) is 27.6 Å². The summed E-state index contributed by atoms with van der Waals surface area (Å²) in [5.74, 6) is 0.138. The molecule has 0 aliphatic carbocycles. The standard InChI is InChI=1S/C17H15N5O2/c1-9-4-10(2)16(23)15(5-9)22-19-13-6-11-12(7-14(13)20-22)18-8-21(3)17(11)24/h4-8,23H,1-3H3. The fraction of sp³-hybridized carbons (Fsp3) is 0.176. The molecule has 2 aromatic carbocycles. The van der Waals surface area contributed by atoms with Crippen molar-refractivity contribution in [2.45, 2.75) is 13.8 Å². The largest absolute Gasteiger partial charge is 0.505 e. The van der Waals surface area contributed by atoms with Gasteiger partial charge in [-0.3, -0.25) is 4.79 Å². The second kappa shape index (κ2) is 4.89. The van der Waals surface area contributed by atoms with Crippen LogP contribution in [0.1, 0.15) is 11.1 Å². The molecule has 0 bridgehead atoms. The van der Waals surface area contributed by atoms with E-state index in [9.17, 15) is 9.90 Å². The highest BCUT2D eigenvalue weighted by atomic mass is 16.3. The van der Waals surface area contributed by atoms with Crippen LogP contribution in [0.25, 0.3) is 27.6 Å². The van der Waals surface area contributed by atoms with Gasteiger partial charge in [-0.2, -0.15) is 0 Å². The summed E-state index contributed by atoms with van der Waals surface area (Å²) in [7, 11) is 1.66. The lowest BCUT2D eigenvalue weighted by molar-refractivity contribution is 0.463. The molecule has 4 aromatic rings. The van der Waals surface area contributed by atoms with Crippen molar-refractivity contribution in [3.8, 4) is 11.4 Å². The highest BCUT2D eigenvalue weighted by Gasteiger charge is 2.13. The van der Waals surface area contributed by atoms with Gasteiger partial charge in [-0.15, -0.1) is 15.0 Å². The smallest absolute Gasteiger partial charge is 0.260 e. The molecule has 0 atom stereocenters. The maximum atomic E-state index is 12.2. The van der Waals surface area contributed by atoms with Gasteiger partial charge in [0.05, 0.1) is 17.2 Å². The second-order valence-corrected chi connectivity index (χ2v) is 5.96. The SMILES string of the molecule is Cc1cc(C)c(O)c(-n2nc3cc4ncn(C)c(=O)c4cc3n2)c1. The van der Waals surface area contributed by atoms with Gasteiger partial charge in [0.15, 0.2) is 0 Å². The van der Waals surface area contributed by atoms with Crippen molar-refractivity contribution in [1.29, 1.82) is 0 Å². The number of nitrogens with zero attached hydrogens (tertiary/aromatic N) is 5. The Kier molecular flexibility index (Phi) is 2.93. The Bertz CT molecular complexity index is 1170. The topological polar surface area (TPSA) is 85.8 Å². The van der Waals surface area contributed by atoms with E-state index in [4.69, 9.17) is 0 Å². The zero-order valence-electron chi connectivity index (χ0n) is 13.5. The molecular weight excluding hydrogens is 306 g/mol. The molecule has 0 saturated carbocycles. The number of phenolic OH excluding ortho intramolecular Hbond substituents is 1. The van der Waals surface area contributed by atoms with Crippen molar-refractivity contribution in [2.24, 2.45) is 7.05 Å². The van der Waals surface area contributed by atoms with Crippen molar-refractivity contribution in [3.05, 3.63) is 52.1 Å². The number of rotatable bonds is 1. The van der Waals surface area contributed by atoms with E-state index in [0.717, 1.165) is 11.1 Å². The van der Waals surface area contributed by atoms with Crippen LogP contribution in [0, 0.1) is 13.8 Å². The summed E-state index contributed by atoms with van der Waals surface area (Å²) in [6.45, 7) is 3.78. The first-order chi connectivity index (χ1) is 11.4. The van der Waals surface area contributed by atoms with Gasteiger partial charge in [0.2, 0.25) is 0 Å². The fourth-order valence-electron chi connectivity index (χ4n) is 2.82. The Labute approximate surface area is 136 Å². The first kappa shape index (κ1) is 14.4. The molecule has 120 valence electrons. The van der Waals surface area contributed by atoms with E-state index in [1.807, 2.05) is 26.0 Å². The van der Waals surface area contributed by atoms with Gasteiger partial charge in [0.25, 0.3) is 5.56 Å². The minimum Gasteiger partial charge on any atom is -0.505 e. The number of aromatic hydroxyl groups is 1. The molecule has 24 heavy (non-hydrogen) atoms. The average Bonchev–Trinajstić information content (AvgIpc) is 2.95. The average molecular weight is 321 g/mol. The molecule has 4 rings (SSSR count). The zero-order valence-corrected chi connectivity index (χ0v) is 13.5. The Morgan fingerprint density at radius 1 is 1.00 bits per heavy atom. The number of hydrogen-bond donors (Lipinski definition) is 1. The third-order valence-corrected chi connectivity index (χ3v) is 4.06. The normalized spacial score (nSPS) is 11.5. The summed E-state index contributed by atoms with van der Waals surface area (Å²) in [5.41, 5.74) is 3.89. The maximum Gasteiger partial charge on any atom is 0.260 e. The van der Waals surface area contributed by atoms with Crippen LogP contribution in [0.3, 0.4) is 0 Å². The highest BCUT2D eigenvalue weighted by Crippen LogP contribution is 2.27. The van der Waals surface area contributed by atoms with E-state index in [1.165, 1.54) is 15.7 Å². The summed E-state index contributed by atoms with van der Waals surface area (Å²) in [6.07, 6.45) is 1.48. The molecule has 0 amide bonds. The van der Waals surface area contributed by atoms with Crippen molar-refractivity contribution < 1.29 is 5.11 Å². The predicted octanol–water partition coefficient (Wildman–Crippen LogP) is 1.99.